The maximum atomic E-state index is 13.1. The van der Waals surface area contributed by atoms with Crippen molar-refractivity contribution in [3.63, 3.8) is 0 Å². The average molecular weight is 378 g/mol. The molecule has 0 spiro atoms. The van der Waals surface area contributed by atoms with Crippen LogP contribution in [0.1, 0.15) is 0 Å². The van der Waals surface area contributed by atoms with E-state index in [9.17, 15) is 13.2 Å². The zero-order chi connectivity index (χ0) is 18.7. The molecular weight excluding hydrogens is 360 g/mol. The minimum atomic E-state index is -4.05. The highest BCUT2D eigenvalue weighted by Gasteiger charge is 2.28. The van der Waals surface area contributed by atoms with E-state index in [1.165, 1.54) is 37.4 Å². The number of anilines is 1. The molecule has 0 aliphatic carbocycles. The molecule has 138 valence electrons. The Labute approximate surface area is 151 Å². The first-order valence-electron chi connectivity index (χ1n) is 7.76. The summed E-state index contributed by atoms with van der Waals surface area (Å²) in [7, 11) is -2.54. The number of nitrogens with zero attached hydrogens (tertiary/aromatic N) is 1. The van der Waals surface area contributed by atoms with Gasteiger partial charge in [0.05, 0.1) is 17.7 Å². The Hall–Kier alpha value is -2.94. The molecule has 0 unspecified atom stereocenters. The van der Waals surface area contributed by atoms with Gasteiger partial charge < -0.3 is 19.9 Å². The van der Waals surface area contributed by atoms with Gasteiger partial charge in [0.1, 0.15) is 25.5 Å². The van der Waals surface area contributed by atoms with Gasteiger partial charge in [-0.05, 0) is 36.4 Å². The number of carbonyl (C=O) groups is 1. The highest BCUT2D eigenvalue weighted by atomic mass is 32.2. The largest absolute Gasteiger partial charge is 0.497 e. The second-order valence-corrected chi connectivity index (χ2v) is 7.34. The molecule has 2 aromatic rings. The van der Waals surface area contributed by atoms with Crippen LogP contribution in [0.5, 0.6) is 17.2 Å². The molecule has 1 heterocycles. The van der Waals surface area contributed by atoms with E-state index in [1.54, 1.807) is 12.1 Å². The molecule has 0 bridgehead atoms. The third-order valence-electron chi connectivity index (χ3n) is 3.76. The average Bonchev–Trinajstić information content (AvgIpc) is 2.65. The summed E-state index contributed by atoms with van der Waals surface area (Å²) in [6.45, 7) is 0.238. The number of carbonyl (C=O) groups excluding carboxylic acids is 1. The molecule has 9 heteroatoms. The zero-order valence-corrected chi connectivity index (χ0v) is 14.9. The molecule has 2 aromatic carbocycles. The Bertz CT molecular complexity index is 911. The lowest BCUT2D eigenvalue weighted by Crippen LogP contribution is -2.38. The van der Waals surface area contributed by atoms with Gasteiger partial charge in [0.2, 0.25) is 5.91 Å². The maximum Gasteiger partial charge on any atom is 0.264 e. The molecule has 1 aliphatic rings. The van der Waals surface area contributed by atoms with Gasteiger partial charge in [-0.25, -0.2) is 8.42 Å². The number of benzene rings is 2. The third kappa shape index (κ3) is 3.52. The fourth-order valence-corrected chi connectivity index (χ4v) is 3.96. The van der Waals surface area contributed by atoms with Gasteiger partial charge in [-0.2, -0.15) is 0 Å². The van der Waals surface area contributed by atoms with Gasteiger partial charge >= 0.3 is 0 Å². The van der Waals surface area contributed by atoms with Crippen molar-refractivity contribution in [2.75, 3.05) is 31.2 Å². The van der Waals surface area contributed by atoms with Crippen molar-refractivity contribution in [2.45, 2.75) is 4.90 Å². The standard InChI is InChI=1S/C17H18N2O6S/c1-23-13-4-2-12(3-5-13)19(11-17(18)20)26(21,22)14-6-7-15-16(10-14)25-9-8-24-15/h2-7,10H,8-9,11H2,1H3,(H2,18,20). The summed E-state index contributed by atoms with van der Waals surface area (Å²) in [4.78, 5) is 11.4. The lowest BCUT2D eigenvalue weighted by atomic mass is 10.3. The van der Waals surface area contributed by atoms with Crippen LogP contribution >= 0.6 is 0 Å². The number of fused-ring (bicyclic) bond motifs is 1. The monoisotopic (exact) mass is 378 g/mol. The van der Waals surface area contributed by atoms with E-state index in [0.29, 0.717) is 36.1 Å². The zero-order valence-electron chi connectivity index (χ0n) is 14.0. The van der Waals surface area contributed by atoms with Crippen LogP contribution in [0, 0.1) is 0 Å². The molecule has 26 heavy (non-hydrogen) atoms. The van der Waals surface area contributed by atoms with Crippen molar-refractivity contribution in [2.24, 2.45) is 5.73 Å². The predicted molar refractivity (Wildman–Crippen MR) is 94.2 cm³/mol. The maximum absolute atomic E-state index is 13.1. The molecule has 0 atom stereocenters. The number of rotatable bonds is 6. The molecule has 8 nitrogen and oxygen atoms in total. The van der Waals surface area contributed by atoms with Gasteiger partial charge in [0.15, 0.2) is 11.5 Å². The van der Waals surface area contributed by atoms with E-state index in [0.717, 1.165) is 4.31 Å². The number of hydrogen-bond donors (Lipinski definition) is 1. The van der Waals surface area contributed by atoms with Crippen LogP contribution in [-0.2, 0) is 14.8 Å². The Morgan fingerprint density at radius 2 is 1.77 bits per heavy atom. The quantitative estimate of drug-likeness (QED) is 0.808. The van der Waals surface area contributed by atoms with E-state index >= 15 is 0 Å². The number of nitrogens with two attached hydrogens (primary N) is 1. The van der Waals surface area contributed by atoms with E-state index in [1.807, 2.05) is 0 Å². The number of ether oxygens (including phenoxy) is 3. The summed E-state index contributed by atoms with van der Waals surface area (Å²) < 4.78 is 43.1. The van der Waals surface area contributed by atoms with Gasteiger partial charge in [0, 0.05) is 6.07 Å². The Morgan fingerprint density at radius 3 is 2.38 bits per heavy atom. The van der Waals surface area contributed by atoms with Crippen LogP contribution in [-0.4, -0.2) is 41.2 Å². The fourth-order valence-electron chi connectivity index (χ4n) is 2.52. The Kier molecular flexibility index (Phi) is 4.90. The van der Waals surface area contributed by atoms with Crippen molar-refractivity contribution < 1.29 is 27.4 Å². The van der Waals surface area contributed by atoms with Crippen molar-refractivity contribution in [3.8, 4) is 17.2 Å². The number of methoxy groups -OCH3 is 1. The van der Waals surface area contributed by atoms with Crippen LogP contribution in [0.25, 0.3) is 0 Å². The highest BCUT2D eigenvalue weighted by molar-refractivity contribution is 7.92. The smallest absolute Gasteiger partial charge is 0.264 e. The predicted octanol–water partition coefficient (Wildman–Crippen LogP) is 1.15. The molecule has 0 saturated carbocycles. The number of sulfonamides is 1. The number of hydrogen-bond acceptors (Lipinski definition) is 6. The van der Waals surface area contributed by atoms with Crippen molar-refractivity contribution in [1.82, 2.24) is 0 Å². The minimum absolute atomic E-state index is 0.0289. The van der Waals surface area contributed by atoms with Crippen molar-refractivity contribution in [3.05, 3.63) is 42.5 Å². The molecule has 3 rings (SSSR count). The Morgan fingerprint density at radius 1 is 1.12 bits per heavy atom. The van der Waals surface area contributed by atoms with Gasteiger partial charge in [0.25, 0.3) is 10.0 Å². The van der Waals surface area contributed by atoms with Crippen LogP contribution in [0.4, 0.5) is 5.69 Å². The number of primary amides is 1. The molecule has 1 aliphatic heterocycles. The highest BCUT2D eigenvalue weighted by Crippen LogP contribution is 2.34. The first-order chi connectivity index (χ1) is 12.4. The van der Waals surface area contributed by atoms with E-state index < -0.39 is 22.5 Å². The minimum Gasteiger partial charge on any atom is -0.497 e. The summed E-state index contributed by atoms with van der Waals surface area (Å²) in [5.41, 5.74) is 5.55. The molecule has 0 radical (unpaired) electrons. The summed E-state index contributed by atoms with van der Waals surface area (Å²) in [5, 5.41) is 0. The van der Waals surface area contributed by atoms with Gasteiger partial charge in [-0.3, -0.25) is 9.10 Å². The first kappa shape index (κ1) is 17.9. The molecular formula is C17H18N2O6S. The van der Waals surface area contributed by atoms with E-state index in [2.05, 4.69) is 0 Å². The fraction of sp³-hybridized carbons (Fsp3) is 0.235. The van der Waals surface area contributed by atoms with Crippen molar-refractivity contribution >= 4 is 21.6 Å². The van der Waals surface area contributed by atoms with Crippen LogP contribution < -0.4 is 24.2 Å². The SMILES string of the molecule is COc1ccc(N(CC(N)=O)S(=O)(=O)c2ccc3c(c2)OCCO3)cc1. The summed E-state index contributed by atoms with van der Waals surface area (Å²) in [6, 6.07) is 10.6. The first-order valence-corrected chi connectivity index (χ1v) is 9.20. The molecule has 0 fully saturated rings. The van der Waals surface area contributed by atoms with Crippen LogP contribution in [0.3, 0.4) is 0 Å². The molecule has 1 amide bonds. The van der Waals surface area contributed by atoms with Gasteiger partial charge in [-0.15, -0.1) is 0 Å². The van der Waals surface area contributed by atoms with E-state index in [4.69, 9.17) is 19.9 Å². The summed E-state index contributed by atoms with van der Waals surface area (Å²) >= 11 is 0. The molecule has 0 saturated heterocycles. The second-order valence-electron chi connectivity index (χ2n) is 5.48. The summed E-state index contributed by atoms with van der Waals surface area (Å²) in [5.74, 6) is 0.596. The second kappa shape index (κ2) is 7.12. The topological polar surface area (TPSA) is 108 Å². The van der Waals surface area contributed by atoms with Crippen LogP contribution in [0.15, 0.2) is 47.4 Å². The van der Waals surface area contributed by atoms with Crippen molar-refractivity contribution in [1.29, 1.82) is 0 Å². The lowest BCUT2D eigenvalue weighted by molar-refractivity contribution is -0.116. The molecule has 0 aromatic heterocycles. The van der Waals surface area contributed by atoms with Crippen LogP contribution in [0.2, 0.25) is 0 Å². The lowest BCUT2D eigenvalue weighted by Gasteiger charge is -2.24. The van der Waals surface area contributed by atoms with E-state index in [-0.39, 0.29) is 4.90 Å². The normalized spacial score (nSPS) is 13.1. The van der Waals surface area contributed by atoms with Gasteiger partial charge in [-0.1, -0.05) is 0 Å². The Balaban J connectivity index is 2.02. The summed E-state index contributed by atoms with van der Waals surface area (Å²) in [6.07, 6.45) is 0. The molecule has 2 N–H and O–H groups in total. The number of amides is 1. The third-order valence-corrected chi connectivity index (χ3v) is 5.53.